The average molecular weight is 246 g/mol. The van der Waals surface area contributed by atoms with E-state index in [1.807, 2.05) is 0 Å². The van der Waals surface area contributed by atoms with E-state index in [0.717, 1.165) is 43.2 Å². The largest absolute Gasteiger partial charge is 0.382 e. The molecule has 2 aromatic heterocycles. The van der Waals surface area contributed by atoms with Gasteiger partial charge in [-0.25, -0.2) is 15.0 Å². The van der Waals surface area contributed by atoms with Crippen LogP contribution in [-0.2, 0) is 6.42 Å². The van der Waals surface area contributed by atoms with Crippen LogP contribution in [0.15, 0.2) is 6.33 Å². The Morgan fingerprint density at radius 3 is 3.17 bits per heavy atom. The number of fused-ring (bicyclic) bond motifs is 1. The molecule has 0 unspecified atom stereocenters. The molecule has 0 amide bonds. The van der Waals surface area contributed by atoms with Crippen molar-refractivity contribution < 1.29 is 0 Å². The highest BCUT2D eigenvalue weighted by molar-refractivity contribution is 5.80. The fraction of sp³-hybridized carbons (Fsp3) is 0.583. The van der Waals surface area contributed by atoms with Gasteiger partial charge in [0.2, 0.25) is 0 Å². The number of nitrogen functional groups attached to an aromatic ring is 1. The fourth-order valence-corrected chi connectivity index (χ4v) is 2.52. The Labute approximate surface area is 105 Å². The molecular formula is C12H18N6. The van der Waals surface area contributed by atoms with E-state index in [-0.39, 0.29) is 0 Å². The third kappa shape index (κ3) is 2.28. The summed E-state index contributed by atoms with van der Waals surface area (Å²) in [6.45, 7) is 2.26. The average Bonchev–Trinajstić information content (AvgIpc) is 2.86. The summed E-state index contributed by atoms with van der Waals surface area (Å²) in [6.07, 6.45) is 6.16. The molecule has 2 aromatic rings. The topological polar surface area (TPSA) is 92.5 Å². The summed E-state index contributed by atoms with van der Waals surface area (Å²) >= 11 is 0. The third-order valence-corrected chi connectivity index (χ3v) is 3.54. The van der Waals surface area contributed by atoms with Gasteiger partial charge in [-0.05, 0) is 38.3 Å². The molecule has 0 aromatic carbocycles. The van der Waals surface area contributed by atoms with E-state index in [2.05, 4.69) is 25.3 Å². The van der Waals surface area contributed by atoms with E-state index >= 15 is 0 Å². The quantitative estimate of drug-likeness (QED) is 0.747. The van der Waals surface area contributed by atoms with Crippen LogP contribution < -0.4 is 11.1 Å². The van der Waals surface area contributed by atoms with E-state index in [1.165, 1.54) is 12.8 Å². The molecule has 1 atom stereocenters. The predicted molar refractivity (Wildman–Crippen MR) is 70.0 cm³/mol. The zero-order chi connectivity index (χ0) is 12.4. The first kappa shape index (κ1) is 11.4. The monoisotopic (exact) mass is 246 g/mol. The van der Waals surface area contributed by atoms with E-state index in [1.54, 1.807) is 6.33 Å². The number of aromatic amines is 1. The maximum absolute atomic E-state index is 5.88. The number of rotatable bonds is 3. The summed E-state index contributed by atoms with van der Waals surface area (Å²) in [5.74, 6) is 2.03. The van der Waals surface area contributed by atoms with Crippen LogP contribution in [0.4, 0.5) is 5.82 Å². The molecule has 0 aliphatic carbocycles. The maximum atomic E-state index is 5.88. The number of piperidine rings is 1. The number of nitrogens with two attached hydrogens (primary N) is 1. The van der Waals surface area contributed by atoms with Gasteiger partial charge in [-0.1, -0.05) is 0 Å². The van der Waals surface area contributed by atoms with Crippen molar-refractivity contribution in [1.29, 1.82) is 0 Å². The first-order valence-electron chi connectivity index (χ1n) is 6.49. The summed E-state index contributed by atoms with van der Waals surface area (Å²) in [7, 11) is 0. The number of nitrogens with one attached hydrogen (secondary N) is 2. The molecule has 4 N–H and O–H groups in total. The first-order valence-corrected chi connectivity index (χ1v) is 6.49. The van der Waals surface area contributed by atoms with Gasteiger partial charge in [-0.2, -0.15) is 0 Å². The standard InChI is InChI=1S/C12H18N6/c13-11-10-12(16-7-15-10)18-9(17-11)4-3-8-2-1-5-14-6-8/h7-8,14H,1-6H2,(H3,13,15,16,17,18)/t8-/m1/s1. The molecule has 0 bridgehead atoms. The number of H-pyrrole nitrogens is 1. The molecular weight excluding hydrogens is 228 g/mol. The summed E-state index contributed by atoms with van der Waals surface area (Å²) in [6, 6.07) is 0. The van der Waals surface area contributed by atoms with Crippen LogP contribution in [0.2, 0.25) is 0 Å². The molecule has 96 valence electrons. The smallest absolute Gasteiger partial charge is 0.183 e. The third-order valence-electron chi connectivity index (χ3n) is 3.54. The highest BCUT2D eigenvalue weighted by Gasteiger charge is 2.14. The minimum Gasteiger partial charge on any atom is -0.382 e. The number of aromatic nitrogens is 4. The van der Waals surface area contributed by atoms with Crippen LogP contribution in [0.5, 0.6) is 0 Å². The lowest BCUT2D eigenvalue weighted by Gasteiger charge is -2.22. The van der Waals surface area contributed by atoms with Gasteiger partial charge >= 0.3 is 0 Å². The number of imidazole rings is 1. The van der Waals surface area contributed by atoms with Gasteiger partial charge in [0.1, 0.15) is 11.3 Å². The Balaban J connectivity index is 1.70. The normalized spacial score (nSPS) is 20.3. The van der Waals surface area contributed by atoms with Crippen LogP contribution in [-0.4, -0.2) is 33.0 Å². The van der Waals surface area contributed by atoms with Gasteiger partial charge in [0.15, 0.2) is 11.5 Å². The van der Waals surface area contributed by atoms with Crippen LogP contribution >= 0.6 is 0 Å². The molecule has 6 heteroatoms. The van der Waals surface area contributed by atoms with E-state index in [9.17, 15) is 0 Å². The van der Waals surface area contributed by atoms with Crippen LogP contribution in [0.3, 0.4) is 0 Å². The summed E-state index contributed by atoms with van der Waals surface area (Å²) in [5, 5.41) is 3.43. The van der Waals surface area contributed by atoms with Crippen molar-refractivity contribution in [3.05, 3.63) is 12.2 Å². The van der Waals surface area contributed by atoms with Crippen molar-refractivity contribution in [2.45, 2.75) is 25.7 Å². The summed E-state index contributed by atoms with van der Waals surface area (Å²) in [5.41, 5.74) is 7.28. The van der Waals surface area contributed by atoms with Gasteiger partial charge in [-0.15, -0.1) is 0 Å². The summed E-state index contributed by atoms with van der Waals surface area (Å²) in [4.78, 5) is 15.8. The number of nitrogens with zero attached hydrogens (tertiary/aromatic N) is 3. The molecule has 0 saturated carbocycles. The zero-order valence-corrected chi connectivity index (χ0v) is 10.3. The van der Waals surface area contributed by atoms with Crippen molar-refractivity contribution in [3.63, 3.8) is 0 Å². The second kappa shape index (κ2) is 4.89. The van der Waals surface area contributed by atoms with Gasteiger partial charge in [0.25, 0.3) is 0 Å². The molecule has 3 heterocycles. The van der Waals surface area contributed by atoms with Crippen molar-refractivity contribution in [2.75, 3.05) is 18.8 Å². The Morgan fingerprint density at radius 2 is 2.33 bits per heavy atom. The predicted octanol–water partition coefficient (Wildman–Crippen LogP) is 0.867. The minimum absolute atomic E-state index is 0.495. The van der Waals surface area contributed by atoms with Crippen molar-refractivity contribution in [3.8, 4) is 0 Å². The molecule has 18 heavy (non-hydrogen) atoms. The second-order valence-corrected chi connectivity index (χ2v) is 4.88. The molecule has 6 nitrogen and oxygen atoms in total. The Hall–Kier alpha value is -1.69. The molecule has 0 spiro atoms. The molecule has 1 fully saturated rings. The first-order chi connectivity index (χ1) is 8.83. The second-order valence-electron chi connectivity index (χ2n) is 4.88. The van der Waals surface area contributed by atoms with Crippen LogP contribution in [0, 0.1) is 5.92 Å². The fourth-order valence-electron chi connectivity index (χ4n) is 2.52. The van der Waals surface area contributed by atoms with E-state index in [0.29, 0.717) is 11.5 Å². The van der Waals surface area contributed by atoms with Crippen molar-refractivity contribution >= 4 is 17.0 Å². The van der Waals surface area contributed by atoms with Gasteiger partial charge in [0, 0.05) is 6.42 Å². The number of hydrogen-bond acceptors (Lipinski definition) is 5. The lowest BCUT2D eigenvalue weighted by Crippen LogP contribution is -2.30. The van der Waals surface area contributed by atoms with Crippen molar-refractivity contribution in [1.82, 2.24) is 25.3 Å². The Bertz CT molecular complexity index is 528. The van der Waals surface area contributed by atoms with Crippen LogP contribution in [0.1, 0.15) is 25.1 Å². The molecule has 0 radical (unpaired) electrons. The Kier molecular flexibility index (Phi) is 3.10. The lowest BCUT2D eigenvalue weighted by molar-refractivity contribution is 0.356. The number of aryl methyl sites for hydroxylation is 1. The van der Waals surface area contributed by atoms with E-state index in [4.69, 9.17) is 5.73 Å². The van der Waals surface area contributed by atoms with Gasteiger partial charge < -0.3 is 16.0 Å². The highest BCUT2D eigenvalue weighted by atomic mass is 15.0. The van der Waals surface area contributed by atoms with E-state index < -0.39 is 0 Å². The SMILES string of the molecule is Nc1nc(CC[C@H]2CCCNC2)nc2nc[nH]c12. The van der Waals surface area contributed by atoms with Gasteiger partial charge in [-0.3, -0.25) is 0 Å². The molecule has 1 aliphatic heterocycles. The molecule has 1 saturated heterocycles. The molecule has 1 aliphatic rings. The van der Waals surface area contributed by atoms with Crippen molar-refractivity contribution in [2.24, 2.45) is 5.92 Å². The van der Waals surface area contributed by atoms with Crippen LogP contribution in [0.25, 0.3) is 11.2 Å². The number of hydrogen-bond donors (Lipinski definition) is 3. The number of anilines is 1. The van der Waals surface area contributed by atoms with Gasteiger partial charge in [0.05, 0.1) is 6.33 Å². The highest BCUT2D eigenvalue weighted by Crippen LogP contribution is 2.18. The lowest BCUT2D eigenvalue weighted by atomic mass is 9.94. The molecule has 3 rings (SSSR count). The maximum Gasteiger partial charge on any atom is 0.183 e. The summed E-state index contributed by atoms with van der Waals surface area (Å²) < 4.78 is 0. The zero-order valence-electron chi connectivity index (χ0n) is 10.3. The minimum atomic E-state index is 0.495. The Morgan fingerprint density at radius 1 is 1.39 bits per heavy atom.